The van der Waals surface area contributed by atoms with E-state index in [0.29, 0.717) is 11.5 Å². The third-order valence-electron chi connectivity index (χ3n) is 6.83. The number of halogens is 1. The Morgan fingerprint density at radius 2 is 1.48 bits per heavy atom. The van der Waals surface area contributed by atoms with Crippen LogP contribution >= 0.6 is 15.9 Å². The first-order valence-corrected chi connectivity index (χ1v) is 16.4. The molecule has 0 spiro atoms. The number of carbonyl (C=O) groups is 2. The van der Waals surface area contributed by atoms with Crippen molar-refractivity contribution in [2.24, 2.45) is 0 Å². The Hall–Kier alpha value is -4.15. The van der Waals surface area contributed by atoms with Crippen LogP contribution in [-0.4, -0.2) is 43.8 Å². The molecule has 0 saturated carbocycles. The van der Waals surface area contributed by atoms with Crippen molar-refractivity contribution in [2.75, 3.05) is 10.8 Å². The largest absolute Gasteiger partial charge is 0.457 e. The van der Waals surface area contributed by atoms with Gasteiger partial charge in [0.2, 0.25) is 11.8 Å². The third kappa shape index (κ3) is 8.48. The number of para-hydroxylation sites is 1. The molecule has 1 atom stereocenters. The molecule has 230 valence electrons. The average molecular weight is 679 g/mol. The second-order valence-electron chi connectivity index (χ2n) is 10.7. The highest BCUT2D eigenvalue weighted by atomic mass is 79.9. The van der Waals surface area contributed by atoms with Crippen LogP contribution in [0.5, 0.6) is 11.5 Å². The number of nitrogens with zero attached hydrogens (tertiary/aromatic N) is 2. The highest BCUT2D eigenvalue weighted by Crippen LogP contribution is 2.29. The maximum atomic E-state index is 14.1. The number of sulfonamides is 1. The molecule has 8 nitrogen and oxygen atoms in total. The standard InChI is InChI=1S/C34H36BrN3O5S/c1-24(2)36-34(40)26(4)37(22-27-9-8-10-28(35)21-27)33(39)23-38(44(41,42)32-19-13-25(3)14-20-32)29-15-17-31(18-16-29)43-30-11-6-5-7-12-30/h5-21,24,26H,22-23H2,1-4H3,(H,36,40)/t26-/m0/s1. The molecule has 2 amide bonds. The van der Waals surface area contributed by atoms with Crippen LogP contribution in [0.4, 0.5) is 5.69 Å². The number of anilines is 1. The molecule has 0 radical (unpaired) electrons. The van der Waals surface area contributed by atoms with Crippen LogP contribution in [0.2, 0.25) is 0 Å². The molecule has 4 aromatic carbocycles. The second kappa shape index (κ2) is 14.5. The summed E-state index contributed by atoms with van der Waals surface area (Å²) in [6.07, 6.45) is 0. The van der Waals surface area contributed by atoms with E-state index >= 15 is 0 Å². The first-order chi connectivity index (χ1) is 20.9. The minimum Gasteiger partial charge on any atom is -0.457 e. The Morgan fingerprint density at radius 1 is 0.841 bits per heavy atom. The van der Waals surface area contributed by atoms with Crippen molar-refractivity contribution < 1.29 is 22.7 Å². The molecule has 44 heavy (non-hydrogen) atoms. The predicted octanol–water partition coefficient (Wildman–Crippen LogP) is 6.69. The summed E-state index contributed by atoms with van der Waals surface area (Å²) in [5.74, 6) is 0.279. The topological polar surface area (TPSA) is 96.0 Å². The first-order valence-electron chi connectivity index (χ1n) is 14.2. The molecule has 0 bridgehead atoms. The fourth-order valence-corrected chi connectivity index (χ4v) is 6.35. The summed E-state index contributed by atoms with van der Waals surface area (Å²) in [4.78, 5) is 28.6. The molecule has 0 saturated heterocycles. The number of amides is 2. The average Bonchev–Trinajstić information content (AvgIpc) is 2.99. The van der Waals surface area contributed by atoms with E-state index in [9.17, 15) is 18.0 Å². The smallest absolute Gasteiger partial charge is 0.264 e. The molecule has 0 aliphatic heterocycles. The van der Waals surface area contributed by atoms with E-state index in [-0.39, 0.29) is 29.1 Å². The van der Waals surface area contributed by atoms with Crippen molar-refractivity contribution in [3.63, 3.8) is 0 Å². The monoisotopic (exact) mass is 677 g/mol. The number of ether oxygens (including phenoxy) is 1. The number of hydrogen-bond donors (Lipinski definition) is 1. The number of nitrogens with one attached hydrogen (secondary N) is 1. The Kier molecular flexibility index (Phi) is 10.8. The number of aryl methyl sites for hydroxylation is 1. The lowest BCUT2D eigenvalue weighted by molar-refractivity contribution is -0.139. The van der Waals surface area contributed by atoms with Gasteiger partial charge in [-0.1, -0.05) is 64.0 Å². The maximum Gasteiger partial charge on any atom is 0.264 e. The van der Waals surface area contributed by atoms with Crippen LogP contribution in [0, 0.1) is 6.92 Å². The number of benzene rings is 4. The van der Waals surface area contributed by atoms with Gasteiger partial charge in [-0.15, -0.1) is 0 Å². The van der Waals surface area contributed by atoms with Gasteiger partial charge in [-0.25, -0.2) is 8.42 Å². The van der Waals surface area contributed by atoms with Crippen molar-refractivity contribution in [3.8, 4) is 11.5 Å². The zero-order chi connectivity index (χ0) is 31.9. The zero-order valence-electron chi connectivity index (χ0n) is 25.1. The van der Waals surface area contributed by atoms with Crippen molar-refractivity contribution in [3.05, 3.63) is 119 Å². The van der Waals surface area contributed by atoms with E-state index in [1.54, 1.807) is 43.3 Å². The molecule has 4 rings (SSSR count). The molecule has 0 aliphatic rings. The maximum absolute atomic E-state index is 14.1. The minimum atomic E-state index is -4.18. The van der Waals surface area contributed by atoms with Crippen LogP contribution in [0.1, 0.15) is 31.9 Å². The van der Waals surface area contributed by atoms with Crippen LogP contribution in [0.15, 0.2) is 112 Å². The molecule has 0 aliphatic carbocycles. The molecule has 1 N–H and O–H groups in total. The summed E-state index contributed by atoms with van der Waals surface area (Å²) in [7, 11) is -4.18. The van der Waals surface area contributed by atoms with Crippen molar-refractivity contribution in [2.45, 2.75) is 51.2 Å². The van der Waals surface area contributed by atoms with Gasteiger partial charge in [-0.3, -0.25) is 13.9 Å². The predicted molar refractivity (Wildman–Crippen MR) is 176 cm³/mol. The van der Waals surface area contributed by atoms with Gasteiger partial charge in [-0.2, -0.15) is 0 Å². The van der Waals surface area contributed by atoms with E-state index < -0.39 is 28.5 Å². The number of carbonyl (C=O) groups excluding carboxylic acids is 2. The van der Waals surface area contributed by atoms with Crippen molar-refractivity contribution in [1.82, 2.24) is 10.2 Å². The van der Waals surface area contributed by atoms with Gasteiger partial charge in [0.1, 0.15) is 24.1 Å². The molecular weight excluding hydrogens is 642 g/mol. The Balaban J connectivity index is 1.71. The van der Waals surface area contributed by atoms with Gasteiger partial charge in [0.15, 0.2) is 0 Å². The fraction of sp³-hybridized carbons (Fsp3) is 0.235. The molecular formula is C34H36BrN3O5S. The summed E-state index contributed by atoms with van der Waals surface area (Å²) < 4.78 is 35.9. The van der Waals surface area contributed by atoms with Crippen LogP contribution < -0.4 is 14.4 Å². The van der Waals surface area contributed by atoms with Gasteiger partial charge in [0, 0.05) is 17.1 Å². The summed E-state index contributed by atoms with van der Waals surface area (Å²) in [5.41, 5.74) is 1.97. The SMILES string of the molecule is Cc1ccc(S(=O)(=O)N(CC(=O)N(Cc2cccc(Br)c2)[C@@H](C)C(=O)NC(C)C)c2ccc(Oc3ccccc3)cc2)cc1. The van der Waals surface area contributed by atoms with Crippen molar-refractivity contribution in [1.29, 1.82) is 0 Å². The first kappa shape index (κ1) is 32.8. The minimum absolute atomic E-state index is 0.0460. The second-order valence-corrected chi connectivity index (χ2v) is 13.5. The molecule has 10 heteroatoms. The van der Waals surface area contributed by atoms with Gasteiger partial charge in [0.25, 0.3) is 10.0 Å². The lowest BCUT2D eigenvalue weighted by Gasteiger charge is -2.32. The van der Waals surface area contributed by atoms with Crippen LogP contribution in [0.25, 0.3) is 0 Å². The lowest BCUT2D eigenvalue weighted by atomic mass is 10.1. The molecule has 0 unspecified atom stereocenters. The molecule has 0 heterocycles. The fourth-order valence-electron chi connectivity index (χ4n) is 4.49. The lowest BCUT2D eigenvalue weighted by Crippen LogP contribution is -2.52. The number of hydrogen-bond acceptors (Lipinski definition) is 5. The van der Waals surface area contributed by atoms with Gasteiger partial charge >= 0.3 is 0 Å². The van der Waals surface area contributed by atoms with E-state index in [1.165, 1.54) is 17.0 Å². The van der Waals surface area contributed by atoms with Crippen LogP contribution in [0.3, 0.4) is 0 Å². The van der Waals surface area contributed by atoms with Gasteiger partial charge in [-0.05, 0) is 93.9 Å². The highest BCUT2D eigenvalue weighted by molar-refractivity contribution is 9.10. The summed E-state index contributed by atoms with van der Waals surface area (Å²) in [6, 6.07) is 28.6. The molecule has 0 aromatic heterocycles. The van der Waals surface area contributed by atoms with Gasteiger partial charge < -0.3 is 15.0 Å². The summed E-state index contributed by atoms with van der Waals surface area (Å²) >= 11 is 3.46. The van der Waals surface area contributed by atoms with E-state index in [0.717, 1.165) is 19.9 Å². The quantitative estimate of drug-likeness (QED) is 0.180. The van der Waals surface area contributed by atoms with Gasteiger partial charge in [0.05, 0.1) is 10.6 Å². The Labute approximate surface area is 267 Å². The highest BCUT2D eigenvalue weighted by Gasteiger charge is 2.32. The Bertz CT molecular complexity index is 1680. The van der Waals surface area contributed by atoms with Crippen molar-refractivity contribution >= 4 is 43.5 Å². The zero-order valence-corrected chi connectivity index (χ0v) is 27.5. The van der Waals surface area contributed by atoms with E-state index in [1.807, 2.05) is 75.4 Å². The van der Waals surface area contributed by atoms with E-state index in [2.05, 4.69) is 21.2 Å². The van der Waals surface area contributed by atoms with Crippen LogP contribution in [-0.2, 0) is 26.2 Å². The summed E-state index contributed by atoms with van der Waals surface area (Å²) in [6.45, 7) is 6.77. The third-order valence-corrected chi connectivity index (χ3v) is 9.11. The molecule has 4 aromatic rings. The summed E-state index contributed by atoms with van der Waals surface area (Å²) in [5, 5.41) is 2.86. The molecule has 0 fully saturated rings. The number of rotatable bonds is 12. The normalized spacial score (nSPS) is 12.0. The Morgan fingerprint density at radius 3 is 2.09 bits per heavy atom. The van der Waals surface area contributed by atoms with E-state index in [4.69, 9.17) is 4.74 Å².